The van der Waals surface area contributed by atoms with Crippen molar-refractivity contribution in [3.8, 4) is 11.5 Å². The summed E-state index contributed by atoms with van der Waals surface area (Å²) in [5.41, 5.74) is 1.83. The van der Waals surface area contributed by atoms with Gasteiger partial charge in [0.2, 0.25) is 5.78 Å². The first-order valence-electron chi connectivity index (χ1n) is 8.99. The minimum atomic E-state index is -0.520. The summed E-state index contributed by atoms with van der Waals surface area (Å²) in [7, 11) is 1.53. The number of Topliss-reactive ketones (excluding diaryl/α,β-unsaturated/α-hetero) is 1. The van der Waals surface area contributed by atoms with Gasteiger partial charge >= 0.3 is 0 Å². The third-order valence-corrected chi connectivity index (χ3v) is 6.07. The molecule has 2 aliphatic rings. The molecule has 1 saturated carbocycles. The van der Waals surface area contributed by atoms with Crippen molar-refractivity contribution in [3.05, 3.63) is 34.1 Å². The Morgan fingerprint density at radius 1 is 1.16 bits per heavy atom. The van der Waals surface area contributed by atoms with Crippen molar-refractivity contribution in [2.45, 2.75) is 65.2 Å². The second kappa shape index (κ2) is 5.52. The lowest BCUT2D eigenvalue weighted by Gasteiger charge is -2.49. The van der Waals surface area contributed by atoms with Crippen molar-refractivity contribution in [2.75, 3.05) is 7.11 Å². The van der Waals surface area contributed by atoms with Crippen molar-refractivity contribution >= 4 is 5.78 Å². The highest BCUT2D eigenvalue weighted by Gasteiger charge is 2.52. The Morgan fingerprint density at radius 2 is 1.80 bits per heavy atom. The Balaban J connectivity index is 2.42. The average molecular weight is 344 g/mol. The smallest absolute Gasteiger partial charge is 0.227 e. The van der Waals surface area contributed by atoms with Gasteiger partial charge in [-0.15, -0.1) is 0 Å². The maximum Gasteiger partial charge on any atom is 0.227 e. The molecule has 0 heterocycles. The number of phenols is 1. The van der Waals surface area contributed by atoms with Crippen LogP contribution in [0.1, 0.15) is 81.3 Å². The van der Waals surface area contributed by atoms with E-state index >= 15 is 0 Å². The lowest BCUT2D eigenvalue weighted by Crippen LogP contribution is -2.43. The Hall–Kier alpha value is -1.97. The molecule has 1 atom stereocenters. The SMILES string of the molecule is COc1c(O)c(C(C)C)cc2c1[C@@]1(C)CCCC(C)(C)C1=C(O)C2=O. The van der Waals surface area contributed by atoms with E-state index in [1.165, 1.54) is 7.11 Å². The zero-order chi connectivity index (χ0) is 18.7. The summed E-state index contributed by atoms with van der Waals surface area (Å²) in [5, 5.41) is 21.6. The number of benzene rings is 1. The van der Waals surface area contributed by atoms with Crippen molar-refractivity contribution in [3.63, 3.8) is 0 Å². The highest BCUT2D eigenvalue weighted by molar-refractivity contribution is 6.11. The van der Waals surface area contributed by atoms with E-state index in [0.29, 0.717) is 16.9 Å². The van der Waals surface area contributed by atoms with Crippen LogP contribution < -0.4 is 4.74 Å². The maximum atomic E-state index is 13.0. The molecule has 0 amide bonds. The number of aliphatic hydroxyl groups is 1. The fourth-order valence-corrected chi connectivity index (χ4v) is 4.99. The van der Waals surface area contributed by atoms with E-state index in [9.17, 15) is 15.0 Å². The summed E-state index contributed by atoms with van der Waals surface area (Å²) in [6.07, 6.45) is 2.72. The molecule has 0 unspecified atom stereocenters. The number of hydrogen-bond donors (Lipinski definition) is 2. The van der Waals surface area contributed by atoms with Crippen LogP contribution >= 0.6 is 0 Å². The maximum absolute atomic E-state index is 13.0. The number of rotatable bonds is 2. The molecule has 0 aliphatic heterocycles. The van der Waals surface area contributed by atoms with Gasteiger partial charge in [0.1, 0.15) is 0 Å². The summed E-state index contributed by atoms with van der Waals surface area (Å²) >= 11 is 0. The monoisotopic (exact) mass is 344 g/mol. The molecule has 25 heavy (non-hydrogen) atoms. The standard InChI is InChI=1S/C21H28O4/c1-11(2)12-10-13-14(18(25-6)16(12)23)21(5)9-7-8-20(3,4)19(21)17(24)15(13)22/h10-11,23-24H,7-9H2,1-6H3/t21-/m1/s1. The Kier molecular flexibility index (Phi) is 3.94. The number of aliphatic hydroxyl groups excluding tert-OH is 1. The van der Waals surface area contributed by atoms with Crippen molar-refractivity contribution in [1.29, 1.82) is 0 Å². The molecule has 2 aliphatic carbocycles. The van der Waals surface area contributed by atoms with Crippen LogP contribution in [0.4, 0.5) is 0 Å². The van der Waals surface area contributed by atoms with E-state index in [1.54, 1.807) is 6.07 Å². The van der Waals surface area contributed by atoms with Crippen LogP contribution in [0.2, 0.25) is 0 Å². The first kappa shape index (κ1) is 17.8. The fraction of sp³-hybridized carbons (Fsp3) is 0.571. The van der Waals surface area contributed by atoms with E-state index in [-0.39, 0.29) is 28.6 Å². The molecule has 3 rings (SSSR count). The van der Waals surface area contributed by atoms with Crippen molar-refractivity contribution in [2.24, 2.45) is 5.41 Å². The number of methoxy groups -OCH3 is 1. The van der Waals surface area contributed by atoms with Gasteiger partial charge in [-0.3, -0.25) is 4.79 Å². The number of allylic oxidation sites excluding steroid dienone is 2. The average Bonchev–Trinajstić information content (AvgIpc) is 2.51. The highest BCUT2D eigenvalue weighted by Crippen LogP contribution is 2.59. The number of aromatic hydroxyl groups is 1. The summed E-state index contributed by atoms with van der Waals surface area (Å²) in [6, 6.07) is 1.74. The van der Waals surface area contributed by atoms with Gasteiger partial charge in [-0.05, 0) is 35.8 Å². The zero-order valence-electron chi connectivity index (χ0n) is 16.0. The van der Waals surface area contributed by atoms with Crippen molar-refractivity contribution in [1.82, 2.24) is 0 Å². The Morgan fingerprint density at radius 3 is 2.36 bits per heavy atom. The molecule has 0 spiro atoms. The van der Waals surface area contributed by atoms with Crippen LogP contribution in [0.15, 0.2) is 17.4 Å². The number of fused-ring (bicyclic) bond motifs is 3. The molecule has 0 aromatic heterocycles. The van der Waals surface area contributed by atoms with E-state index in [1.807, 2.05) is 13.8 Å². The van der Waals surface area contributed by atoms with Gasteiger partial charge in [0.15, 0.2) is 17.3 Å². The van der Waals surface area contributed by atoms with Crippen LogP contribution in [0.5, 0.6) is 11.5 Å². The van der Waals surface area contributed by atoms with Gasteiger partial charge in [0.05, 0.1) is 7.11 Å². The summed E-state index contributed by atoms with van der Waals surface area (Å²) < 4.78 is 5.59. The molecule has 4 nitrogen and oxygen atoms in total. The molecule has 0 saturated heterocycles. The summed E-state index contributed by atoms with van der Waals surface area (Å²) in [5.74, 6) is 0.0315. The highest BCUT2D eigenvalue weighted by atomic mass is 16.5. The third-order valence-electron chi connectivity index (χ3n) is 6.07. The van der Waals surface area contributed by atoms with Crippen LogP contribution in [0, 0.1) is 5.41 Å². The molecule has 1 fully saturated rings. The van der Waals surface area contributed by atoms with E-state index < -0.39 is 5.41 Å². The van der Waals surface area contributed by atoms with Gasteiger partial charge in [-0.25, -0.2) is 0 Å². The van der Waals surface area contributed by atoms with Gasteiger partial charge in [0.25, 0.3) is 0 Å². The van der Waals surface area contributed by atoms with E-state index in [2.05, 4.69) is 20.8 Å². The van der Waals surface area contributed by atoms with Crippen LogP contribution in [0.3, 0.4) is 0 Å². The van der Waals surface area contributed by atoms with E-state index in [4.69, 9.17) is 4.74 Å². The first-order valence-corrected chi connectivity index (χ1v) is 8.99. The van der Waals surface area contributed by atoms with Crippen LogP contribution in [-0.2, 0) is 5.41 Å². The lowest BCUT2D eigenvalue weighted by molar-refractivity contribution is 0.0938. The molecule has 4 heteroatoms. The number of carbonyl (C=O) groups excluding carboxylic acids is 1. The normalized spacial score (nSPS) is 25.0. The minimum absolute atomic E-state index is 0.0372. The van der Waals surface area contributed by atoms with Crippen molar-refractivity contribution < 1.29 is 19.7 Å². The van der Waals surface area contributed by atoms with Gasteiger partial charge < -0.3 is 14.9 Å². The molecule has 0 bridgehead atoms. The quantitative estimate of drug-likeness (QED) is 0.792. The van der Waals surface area contributed by atoms with Gasteiger partial charge in [0, 0.05) is 22.1 Å². The number of hydrogen-bond acceptors (Lipinski definition) is 4. The summed E-state index contributed by atoms with van der Waals surface area (Å²) in [6.45, 7) is 10.1. The topological polar surface area (TPSA) is 66.8 Å². The number of phenolic OH excluding ortho intramolecular Hbond substituents is 1. The Labute approximate surface area is 149 Å². The summed E-state index contributed by atoms with van der Waals surface area (Å²) in [4.78, 5) is 13.0. The predicted octanol–water partition coefficient (Wildman–Crippen LogP) is 5.00. The molecule has 136 valence electrons. The second-order valence-electron chi connectivity index (χ2n) is 8.55. The molecular weight excluding hydrogens is 316 g/mol. The second-order valence-corrected chi connectivity index (χ2v) is 8.55. The number of ketones is 1. The molecule has 2 N–H and O–H groups in total. The molecule has 0 radical (unpaired) electrons. The van der Waals surface area contributed by atoms with E-state index in [0.717, 1.165) is 30.4 Å². The van der Waals surface area contributed by atoms with Gasteiger partial charge in [-0.1, -0.05) is 41.0 Å². The largest absolute Gasteiger partial charge is 0.504 e. The number of carbonyl (C=O) groups is 1. The molecule has 1 aromatic rings. The minimum Gasteiger partial charge on any atom is -0.504 e. The van der Waals surface area contributed by atoms with Gasteiger partial charge in [-0.2, -0.15) is 0 Å². The lowest BCUT2D eigenvalue weighted by atomic mass is 9.54. The van der Waals surface area contributed by atoms with Crippen LogP contribution in [0.25, 0.3) is 0 Å². The zero-order valence-corrected chi connectivity index (χ0v) is 16.0. The van der Waals surface area contributed by atoms with Crippen LogP contribution in [-0.4, -0.2) is 23.1 Å². The molecular formula is C21H28O4. The Bertz CT molecular complexity index is 786. The first-order chi connectivity index (χ1) is 11.6. The number of ether oxygens (including phenoxy) is 1. The third kappa shape index (κ3) is 2.30. The fourth-order valence-electron chi connectivity index (χ4n) is 4.99. The molecule has 1 aromatic carbocycles. The predicted molar refractivity (Wildman–Crippen MR) is 97.7 cm³/mol.